The van der Waals surface area contributed by atoms with Crippen molar-refractivity contribution in [2.75, 3.05) is 17.9 Å². The number of para-hydroxylation sites is 1. The molecular weight excluding hydrogens is 262 g/mol. The molecule has 0 saturated heterocycles. The number of hydrogen-bond acceptors (Lipinski definition) is 3. The van der Waals surface area contributed by atoms with Crippen LogP contribution in [-0.4, -0.2) is 28.1 Å². The molecule has 2 N–H and O–H groups in total. The molecule has 106 valence electrons. The third-order valence-electron chi connectivity index (χ3n) is 3.22. The van der Waals surface area contributed by atoms with E-state index in [9.17, 15) is 8.42 Å². The van der Waals surface area contributed by atoms with E-state index in [-0.39, 0.29) is 12.1 Å². The highest BCUT2D eigenvalue weighted by atomic mass is 32.2. The average Bonchev–Trinajstić information content (AvgIpc) is 2.35. The average molecular weight is 283 g/mol. The van der Waals surface area contributed by atoms with Crippen molar-refractivity contribution in [2.45, 2.75) is 32.4 Å². The van der Waals surface area contributed by atoms with Crippen molar-refractivity contribution in [2.24, 2.45) is 0 Å². The second-order valence-corrected chi connectivity index (χ2v) is 6.67. The fourth-order valence-corrected chi connectivity index (χ4v) is 3.94. The van der Waals surface area contributed by atoms with E-state index in [1.165, 1.54) is 4.31 Å². The number of hydrogen-bond donors (Lipinski definition) is 2. The molecule has 1 heterocycles. The van der Waals surface area contributed by atoms with Gasteiger partial charge in [-0.15, -0.1) is 0 Å². The smallest absolute Gasteiger partial charge is 0.301 e. The number of nitrogens with one attached hydrogen (secondary N) is 2. The number of benzene rings is 1. The first-order valence-electron chi connectivity index (χ1n) is 6.52. The van der Waals surface area contributed by atoms with Crippen molar-refractivity contribution < 1.29 is 8.42 Å². The molecule has 0 fully saturated rings. The fraction of sp³-hybridized carbons (Fsp3) is 0.538. The zero-order valence-electron chi connectivity index (χ0n) is 11.6. The Bertz CT molecular complexity index is 543. The fourth-order valence-electron chi connectivity index (χ4n) is 2.44. The van der Waals surface area contributed by atoms with E-state index >= 15 is 0 Å². The van der Waals surface area contributed by atoms with Crippen LogP contribution in [0.15, 0.2) is 24.3 Å². The molecule has 1 aromatic rings. The van der Waals surface area contributed by atoms with E-state index in [2.05, 4.69) is 10.0 Å². The lowest BCUT2D eigenvalue weighted by molar-refractivity contribution is 0.521. The summed E-state index contributed by atoms with van der Waals surface area (Å²) in [4.78, 5) is 0. The normalized spacial score (nSPS) is 19.6. The lowest BCUT2D eigenvalue weighted by Crippen LogP contribution is -2.47. The Morgan fingerprint density at radius 3 is 2.63 bits per heavy atom. The van der Waals surface area contributed by atoms with Crippen LogP contribution in [0, 0.1) is 0 Å². The van der Waals surface area contributed by atoms with E-state index in [1.54, 1.807) is 0 Å². The molecule has 19 heavy (non-hydrogen) atoms. The summed E-state index contributed by atoms with van der Waals surface area (Å²) in [6, 6.07) is 7.75. The van der Waals surface area contributed by atoms with Crippen LogP contribution >= 0.6 is 0 Å². The van der Waals surface area contributed by atoms with Gasteiger partial charge in [0.25, 0.3) is 0 Å². The van der Waals surface area contributed by atoms with Crippen LogP contribution in [0.25, 0.3) is 0 Å². The standard InChI is InChI=1S/C13H21N3O2S/c1-10(2)15-19(17,18)16-9-8-12(14-3)11-6-4-5-7-13(11)16/h4-7,10,12,14-15H,8-9H2,1-3H3. The molecule has 1 unspecified atom stereocenters. The van der Waals surface area contributed by atoms with E-state index in [0.717, 1.165) is 17.7 Å². The Morgan fingerprint density at radius 1 is 1.32 bits per heavy atom. The van der Waals surface area contributed by atoms with Gasteiger partial charge in [0, 0.05) is 18.6 Å². The SMILES string of the molecule is CNC1CCN(S(=O)(=O)NC(C)C)c2ccccc21. The minimum Gasteiger partial charge on any atom is -0.313 e. The van der Waals surface area contributed by atoms with Crippen LogP contribution in [0.4, 0.5) is 5.69 Å². The molecule has 0 saturated carbocycles. The summed E-state index contributed by atoms with van der Waals surface area (Å²) >= 11 is 0. The maximum absolute atomic E-state index is 12.3. The van der Waals surface area contributed by atoms with Crippen molar-refractivity contribution in [1.82, 2.24) is 10.0 Å². The Morgan fingerprint density at radius 2 is 2.00 bits per heavy atom. The molecule has 0 bridgehead atoms. The predicted molar refractivity (Wildman–Crippen MR) is 77.4 cm³/mol. The molecular formula is C13H21N3O2S. The summed E-state index contributed by atoms with van der Waals surface area (Å²) < 4.78 is 28.8. The van der Waals surface area contributed by atoms with E-state index in [4.69, 9.17) is 0 Å². The molecule has 1 atom stereocenters. The quantitative estimate of drug-likeness (QED) is 0.878. The van der Waals surface area contributed by atoms with Gasteiger partial charge in [-0.05, 0) is 38.9 Å². The maximum atomic E-state index is 12.3. The number of anilines is 1. The van der Waals surface area contributed by atoms with Crippen LogP contribution < -0.4 is 14.3 Å². The van der Waals surface area contributed by atoms with Gasteiger partial charge >= 0.3 is 10.2 Å². The van der Waals surface area contributed by atoms with E-state index < -0.39 is 10.2 Å². The van der Waals surface area contributed by atoms with Crippen molar-refractivity contribution in [1.29, 1.82) is 0 Å². The molecule has 0 radical (unpaired) electrons. The Labute approximate surface area is 115 Å². The van der Waals surface area contributed by atoms with E-state index in [0.29, 0.717) is 6.54 Å². The molecule has 0 amide bonds. The van der Waals surface area contributed by atoms with Crippen LogP contribution in [-0.2, 0) is 10.2 Å². The molecule has 0 aromatic heterocycles. The molecule has 5 nitrogen and oxygen atoms in total. The molecule has 2 rings (SSSR count). The van der Waals surface area contributed by atoms with Crippen molar-refractivity contribution in [3.05, 3.63) is 29.8 Å². The van der Waals surface area contributed by atoms with Gasteiger partial charge in [0.1, 0.15) is 0 Å². The second kappa shape index (κ2) is 5.48. The highest BCUT2D eigenvalue weighted by Crippen LogP contribution is 2.34. The number of fused-ring (bicyclic) bond motifs is 1. The van der Waals surface area contributed by atoms with Gasteiger partial charge in [-0.3, -0.25) is 4.31 Å². The lowest BCUT2D eigenvalue weighted by Gasteiger charge is -2.35. The Kier molecular flexibility index (Phi) is 4.13. The van der Waals surface area contributed by atoms with Gasteiger partial charge in [-0.25, -0.2) is 0 Å². The minimum absolute atomic E-state index is 0.112. The first kappa shape index (κ1) is 14.3. The topological polar surface area (TPSA) is 61.4 Å². The second-order valence-electron chi connectivity index (χ2n) is 5.04. The van der Waals surface area contributed by atoms with Crippen molar-refractivity contribution in [3.63, 3.8) is 0 Å². The number of rotatable bonds is 4. The van der Waals surface area contributed by atoms with Crippen LogP contribution in [0.2, 0.25) is 0 Å². The number of nitrogens with zero attached hydrogens (tertiary/aromatic N) is 1. The monoisotopic (exact) mass is 283 g/mol. The third kappa shape index (κ3) is 2.91. The van der Waals surface area contributed by atoms with Crippen LogP contribution in [0.5, 0.6) is 0 Å². The van der Waals surface area contributed by atoms with Crippen molar-refractivity contribution in [3.8, 4) is 0 Å². The van der Waals surface area contributed by atoms with Gasteiger partial charge in [0.15, 0.2) is 0 Å². The molecule has 1 aliphatic rings. The highest BCUT2D eigenvalue weighted by molar-refractivity contribution is 7.90. The first-order chi connectivity index (χ1) is 8.95. The molecule has 0 spiro atoms. The van der Waals surface area contributed by atoms with Crippen LogP contribution in [0.1, 0.15) is 31.9 Å². The lowest BCUT2D eigenvalue weighted by atomic mass is 9.98. The largest absolute Gasteiger partial charge is 0.313 e. The first-order valence-corrected chi connectivity index (χ1v) is 7.96. The maximum Gasteiger partial charge on any atom is 0.301 e. The Hall–Kier alpha value is -1.11. The molecule has 1 aromatic carbocycles. The zero-order chi connectivity index (χ0) is 14.0. The van der Waals surface area contributed by atoms with Crippen molar-refractivity contribution >= 4 is 15.9 Å². The van der Waals surface area contributed by atoms with Gasteiger partial charge in [0.2, 0.25) is 0 Å². The zero-order valence-corrected chi connectivity index (χ0v) is 12.4. The molecule has 0 aliphatic carbocycles. The van der Waals surface area contributed by atoms with Gasteiger partial charge in [-0.1, -0.05) is 18.2 Å². The summed E-state index contributed by atoms with van der Waals surface area (Å²) in [5.41, 5.74) is 1.80. The highest BCUT2D eigenvalue weighted by Gasteiger charge is 2.31. The summed E-state index contributed by atoms with van der Waals surface area (Å²) in [6.07, 6.45) is 0.770. The Balaban J connectivity index is 2.40. The third-order valence-corrected chi connectivity index (χ3v) is 4.95. The van der Waals surface area contributed by atoms with Gasteiger partial charge in [0.05, 0.1) is 5.69 Å². The van der Waals surface area contributed by atoms with E-state index in [1.807, 2.05) is 45.2 Å². The molecule has 6 heteroatoms. The minimum atomic E-state index is -3.47. The summed E-state index contributed by atoms with van der Waals surface area (Å²) in [5, 5.41) is 3.23. The summed E-state index contributed by atoms with van der Waals surface area (Å²) in [6.45, 7) is 4.14. The predicted octanol–water partition coefficient (Wildman–Crippen LogP) is 1.40. The van der Waals surface area contributed by atoms with Gasteiger partial charge < -0.3 is 5.32 Å². The van der Waals surface area contributed by atoms with Crippen LogP contribution in [0.3, 0.4) is 0 Å². The summed E-state index contributed by atoms with van der Waals surface area (Å²) in [7, 11) is -1.57. The van der Waals surface area contributed by atoms with Gasteiger partial charge in [-0.2, -0.15) is 13.1 Å². The molecule has 1 aliphatic heterocycles. The summed E-state index contributed by atoms with van der Waals surface area (Å²) in [5.74, 6) is 0.